The van der Waals surface area contributed by atoms with Gasteiger partial charge in [0.1, 0.15) is 0 Å². The minimum absolute atomic E-state index is 1.10. The quantitative estimate of drug-likeness (QED) is 0.401. The molecule has 0 fully saturated rings. The predicted octanol–water partition coefficient (Wildman–Crippen LogP) is 3.70. The van der Waals surface area contributed by atoms with Gasteiger partial charge < -0.3 is 0 Å². The Kier molecular flexibility index (Phi) is 8.04. The van der Waals surface area contributed by atoms with E-state index in [1.165, 1.54) is 19.3 Å². The van der Waals surface area contributed by atoms with E-state index in [1.54, 1.807) is 0 Å². The molecule has 0 saturated heterocycles. The van der Waals surface area contributed by atoms with Crippen molar-refractivity contribution in [1.29, 1.82) is 0 Å². The zero-order valence-electron chi connectivity index (χ0n) is 7.14. The summed E-state index contributed by atoms with van der Waals surface area (Å²) < 4.78 is 0. The van der Waals surface area contributed by atoms with E-state index >= 15 is 0 Å². The van der Waals surface area contributed by atoms with Gasteiger partial charge in [-0.3, -0.25) is 0 Å². The molecule has 10 heavy (non-hydrogen) atoms. The van der Waals surface area contributed by atoms with Crippen LogP contribution in [0.25, 0.3) is 0 Å². The van der Waals surface area contributed by atoms with Crippen molar-refractivity contribution in [2.45, 2.75) is 39.5 Å². The largest absolute Gasteiger partial charge is 0.0914 e. The minimum Gasteiger partial charge on any atom is -0.0914 e. The molecule has 0 spiro atoms. The van der Waals surface area contributed by atoms with Crippen LogP contribution in [0, 0.1) is 0 Å². The third-order valence-corrected chi connectivity index (χ3v) is 1.40. The first kappa shape index (κ1) is 9.48. The van der Waals surface area contributed by atoms with E-state index in [0.29, 0.717) is 0 Å². The average molecular weight is 138 g/mol. The lowest BCUT2D eigenvalue weighted by molar-refractivity contribution is 0.813. The molecule has 0 aliphatic heterocycles. The summed E-state index contributed by atoms with van der Waals surface area (Å²) in [4.78, 5) is 0. The fourth-order valence-electron chi connectivity index (χ4n) is 0.751. The monoisotopic (exact) mass is 138 g/mol. The Bertz CT molecular complexity index is 98.6. The average Bonchev–Trinajstić information content (AvgIpc) is 1.97. The van der Waals surface area contributed by atoms with Gasteiger partial charge in [-0.25, -0.2) is 0 Å². The fourth-order valence-corrected chi connectivity index (χ4v) is 0.751. The Balaban J connectivity index is 3.04. The molecule has 0 unspecified atom stereocenters. The third kappa shape index (κ3) is 7.48. The molecule has 0 bridgehead atoms. The molecule has 0 aromatic rings. The van der Waals surface area contributed by atoms with Crippen molar-refractivity contribution < 1.29 is 0 Å². The van der Waals surface area contributed by atoms with E-state index in [-0.39, 0.29) is 0 Å². The van der Waals surface area contributed by atoms with Crippen LogP contribution in [0.4, 0.5) is 0 Å². The Morgan fingerprint density at radius 2 is 1.90 bits per heavy atom. The molecule has 0 rings (SSSR count). The summed E-state index contributed by atoms with van der Waals surface area (Å²) in [6, 6.07) is 0. The van der Waals surface area contributed by atoms with Gasteiger partial charge in [-0.15, -0.1) is 0 Å². The van der Waals surface area contributed by atoms with Gasteiger partial charge >= 0.3 is 0 Å². The van der Waals surface area contributed by atoms with Gasteiger partial charge in [0.15, 0.2) is 0 Å². The van der Waals surface area contributed by atoms with Crippen LogP contribution in [-0.4, -0.2) is 0 Å². The maximum atomic E-state index is 2.27. The number of hydrogen-bond acceptors (Lipinski definition) is 0. The van der Waals surface area contributed by atoms with Crippen molar-refractivity contribution in [3.63, 3.8) is 0 Å². The van der Waals surface area contributed by atoms with E-state index in [9.17, 15) is 0 Å². The number of rotatable bonds is 5. The van der Waals surface area contributed by atoms with Gasteiger partial charge in [0.2, 0.25) is 0 Å². The lowest BCUT2D eigenvalue weighted by Crippen LogP contribution is -1.66. The maximum absolute atomic E-state index is 2.27. The van der Waals surface area contributed by atoms with Crippen molar-refractivity contribution in [1.82, 2.24) is 0 Å². The number of hydrogen-bond donors (Lipinski definition) is 0. The standard InChI is InChI=1S/C10H18/c1-3-5-7-9-10-8-6-4-2/h3,5,9-10H,4,6-8H2,1-2H3/b5-3-,10-9+. The van der Waals surface area contributed by atoms with Crippen LogP contribution in [0.3, 0.4) is 0 Å². The number of allylic oxidation sites excluding steroid dienone is 4. The molecule has 58 valence electrons. The summed E-state index contributed by atoms with van der Waals surface area (Å²) in [5.41, 5.74) is 0. The highest BCUT2D eigenvalue weighted by Gasteiger charge is 1.75. The zero-order chi connectivity index (χ0) is 7.66. The normalized spacial score (nSPS) is 11.8. The van der Waals surface area contributed by atoms with E-state index in [0.717, 1.165) is 6.42 Å². The summed E-state index contributed by atoms with van der Waals surface area (Å²) in [6.45, 7) is 4.28. The molecule has 0 aliphatic rings. The first-order valence-electron chi connectivity index (χ1n) is 4.18. The minimum atomic E-state index is 1.10. The van der Waals surface area contributed by atoms with Gasteiger partial charge in [0, 0.05) is 0 Å². The summed E-state index contributed by atoms with van der Waals surface area (Å²) in [5.74, 6) is 0. The summed E-state index contributed by atoms with van der Waals surface area (Å²) in [6.07, 6.45) is 13.7. The lowest BCUT2D eigenvalue weighted by Gasteiger charge is -1.86. The van der Waals surface area contributed by atoms with E-state index < -0.39 is 0 Å². The highest BCUT2D eigenvalue weighted by molar-refractivity contribution is 4.90. The van der Waals surface area contributed by atoms with Crippen molar-refractivity contribution in [2.75, 3.05) is 0 Å². The molecule has 0 aromatic heterocycles. The maximum Gasteiger partial charge on any atom is -0.0169 e. The highest BCUT2D eigenvalue weighted by atomic mass is 13.8. The second-order valence-corrected chi connectivity index (χ2v) is 2.42. The van der Waals surface area contributed by atoms with Crippen molar-refractivity contribution in [3.05, 3.63) is 24.3 Å². The Morgan fingerprint density at radius 1 is 1.10 bits per heavy atom. The Morgan fingerprint density at radius 3 is 2.50 bits per heavy atom. The van der Waals surface area contributed by atoms with Crippen LogP contribution in [0.5, 0.6) is 0 Å². The molecule has 0 nitrogen and oxygen atoms in total. The van der Waals surface area contributed by atoms with E-state index in [4.69, 9.17) is 0 Å². The van der Waals surface area contributed by atoms with Crippen molar-refractivity contribution in [3.8, 4) is 0 Å². The van der Waals surface area contributed by atoms with Gasteiger partial charge in [-0.1, -0.05) is 44.1 Å². The topological polar surface area (TPSA) is 0 Å². The Labute approximate surface area is 64.6 Å². The van der Waals surface area contributed by atoms with Crippen LogP contribution in [0.2, 0.25) is 0 Å². The smallest absolute Gasteiger partial charge is 0.0169 e. The van der Waals surface area contributed by atoms with Gasteiger partial charge in [0.05, 0.1) is 0 Å². The highest BCUT2D eigenvalue weighted by Crippen LogP contribution is 1.96. The van der Waals surface area contributed by atoms with E-state index in [1.807, 2.05) is 0 Å². The lowest BCUT2D eigenvalue weighted by atomic mass is 10.2. The van der Waals surface area contributed by atoms with Crippen LogP contribution in [-0.2, 0) is 0 Å². The van der Waals surface area contributed by atoms with Crippen molar-refractivity contribution >= 4 is 0 Å². The van der Waals surface area contributed by atoms with E-state index in [2.05, 4.69) is 38.2 Å². The summed E-state index contributed by atoms with van der Waals surface area (Å²) in [5, 5.41) is 0. The van der Waals surface area contributed by atoms with Crippen LogP contribution < -0.4 is 0 Å². The van der Waals surface area contributed by atoms with Crippen LogP contribution in [0.15, 0.2) is 24.3 Å². The molecule has 0 amide bonds. The van der Waals surface area contributed by atoms with Crippen LogP contribution >= 0.6 is 0 Å². The van der Waals surface area contributed by atoms with Gasteiger partial charge in [-0.05, 0) is 19.8 Å². The summed E-state index contributed by atoms with van der Waals surface area (Å²) >= 11 is 0. The predicted molar refractivity (Wildman–Crippen MR) is 48.1 cm³/mol. The van der Waals surface area contributed by atoms with Gasteiger partial charge in [-0.2, -0.15) is 0 Å². The molecular formula is C10H18. The second-order valence-electron chi connectivity index (χ2n) is 2.42. The molecule has 0 saturated carbocycles. The Hall–Kier alpha value is -0.520. The summed E-state index contributed by atoms with van der Waals surface area (Å²) in [7, 11) is 0. The molecular weight excluding hydrogens is 120 g/mol. The van der Waals surface area contributed by atoms with Crippen molar-refractivity contribution in [2.24, 2.45) is 0 Å². The fraction of sp³-hybridized carbons (Fsp3) is 0.600. The molecule has 0 radical (unpaired) electrons. The first-order valence-corrected chi connectivity index (χ1v) is 4.18. The van der Waals surface area contributed by atoms with Crippen LogP contribution in [0.1, 0.15) is 39.5 Å². The molecule has 0 heterocycles. The molecule has 0 heteroatoms. The SMILES string of the molecule is C/C=C\C/C=C/CCCC. The van der Waals surface area contributed by atoms with Gasteiger partial charge in [0.25, 0.3) is 0 Å². The third-order valence-electron chi connectivity index (χ3n) is 1.40. The second kappa shape index (κ2) is 8.48. The number of unbranched alkanes of at least 4 members (excludes halogenated alkanes) is 2. The first-order chi connectivity index (χ1) is 4.91. The zero-order valence-corrected chi connectivity index (χ0v) is 7.14. The molecule has 0 atom stereocenters. The molecule has 0 aliphatic carbocycles. The molecule has 0 N–H and O–H groups in total. The molecule has 0 aromatic carbocycles.